The van der Waals surface area contributed by atoms with Crippen LogP contribution in [0, 0.1) is 0 Å². The molecule has 0 aromatic carbocycles. The summed E-state index contributed by atoms with van der Waals surface area (Å²) in [5.74, 6) is 0.0497. The zero-order chi connectivity index (χ0) is 11.1. The predicted molar refractivity (Wildman–Crippen MR) is 59.1 cm³/mol. The minimum absolute atomic E-state index is 0.0497. The molecule has 1 atom stereocenters. The molecule has 0 aromatic heterocycles. The maximum Gasteiger partial charge on any atom is 0.239 e. The fourth-order valence-corrected chi connectivity index (χ4v) is 1.18. The van der Waals surface area contributed by atoms with Crippen LogP contribution in [-0.4, -0.2) is 56.0 Å². The average molecular weight is 201 g/mol. The van der Waals surface area contributed by atoms with Crippen LogP contribution in [0.3, 0.4) is 0 Å². The van der Waals surface area contributed by atoms with Crippen LogP contribution in [0.4, 0.5) is 0 Å². The van der Waals surface area contributed by atoms with Crippen molar-refractivity contribution < 1.29 is 4.79 Å². The molecule has 14 heavy (non-hydrogen) atoms. The number of nitrogens with zero attached hydrogens (tertiary/aromatic N) is 2. The normalized spacial score (nSPS) is 13.0. The Morgan fingerprint density at radius 2 is 1.86 bits per heavy atom. The number of likely N-dealkylation sites (N-methyl/N-ethyl adjacent to an activating group) is 2. The summed E-state index contributed by atoms with van der Waals surface area (Å²) in [6, 6.07) is -0.327. The van der Waals surface area contributed by atoms with Crippen LogP contribution >= 0.6 is 0 Å². The summed E-state index contributed by atoms with van der Waals surface area (Å²) in [5, 5.41) is 0. The molecule has 0 aliphatic carbocycles. The lowest BCUT2D eigenvalue weighted by atomic mass is 10.1. The zero-order valence-corrected chi connectivity index (χ0v) is 9.79. The van der Waals surface area contributed by atoms with Crippen molar-refractivity contribution in [1.82, 2.24) is 9.80 Å². The molecule has 0 saturated carbocycles. The van der Waals surface area contributed by atoms with E-state index in [-0.39, 0.29) is 11.9 Å². The quantitative estimate of drug-likeness (QED) is 0.665. The molecule has 0 aliphatic heterocycles. The van der Waals surface area contributed by atoms with E-state index >= 15 is 0 Å². The van der Waals surface area contributed by atoms with E-state index < -0.39 is 0 Å². The number of carbonyl (C=O) groups excluding carboxylic acids is 1. The van der Waals surface area contributed by atoms with Gasteiger partial charge in [-0.05, 0) is 20.5 Å². The van der Waals surface area contributed by atoms with Gasteiger partial charge in [0.1, 0.15) is 0 Å². The highest BCUT2D eigenvalue weighted by Gasteiger charge is 2.16. The van der Waals surface area contributed by atoms with Crippen LogP contribution in [0.2, 0.25) is 0 Å². The van der Waals surface area contributed by atoms with E-state index in [1.165, 1.54) is 0 Å². The molecule has 84 valence electrons. The minimum Gasteiger partial charge on any atom is -0.343 e. The molecule has 0 radical (unpaired) electrons. The molecular weight excluding hydrogens is 178 g/mol. The van der Waals surface area contributed by atoms with Gasteiger partial charge in [-0.25, -0.2) is 0 Å². The molecule has 0 aromatic rings. The molecule has 0 rings (SSSR count). The molecule has 0 unspecified atom stereocenters. The SMILES string of the molecule is CCC[C@@H](N)C(=O)N(C)CCN(C)C. The molecule has 1 amide bonds. The number of nitrogens with two attached hydrogens (primary N) is 1. The summed E-state index contributed by atoms with van der Waals surface area (Å²) in [7, 11) is 5.79. The molecule has 4 nitrogen and oxygen atoms in total. The van der Waals surface area contributed by atoms with Gasteiger partial charge >= 0.3 is 0 Å². The minimum atomic E-state index is -0.327. The molecule has 0 fully saturated rings. The van der Waals surface area contributed by atoms with E-state index in [0.29, 0.717) is 0 Å². The third-order valence-corrected chi connectivity index (χ3v) is 2.18. The van der Waals surface area contributed by atoms with E-state index in [2.05, 4.69) is 4.90 Å². The van der Waals surface area contributed by atoms with Gasteiger partial charge in [0.15, 0.2) is 0 Å². The molecule has 2 N–H and O–H groups in total. The fraction of sp³-hybridized carbons (Fsp3) is 0.900. The first-order valence-electron chi connectivity index (χ1n) is 5.14. The van der Waals surface area contributed by atoms with Gasteiger partial charge in [0.25, 0.3) is 0 Å². The van der Waals surface area contributed by atoms with Gasteiger partial charge in [0.2, 0.25) is 5.91 Å². The average Bonchev–Trinajstić information content (AvgIpc) is 2.13. The standard InChI is InChI=1S/C10H23N3O/c1-5-6-9(11)10(14)13(4)8-7-12(2)3/h9H,5-8,11H2,1-4H3/t9-/m1/s1. The molecular formula is C10H23N3O. The number of rotatable bonds is 6. The summed E-state index contributed by atoms with van der Waals surface area (Å²) < 4.78 is 0. The van der Waals surface area contributed by atoms with Gasteiger partial charge in [0, 0.05) is 20.1 Å². The van der Waals surface area contributed by atoms with Crippen molar-refractivity contribution in [3.63, 3.8) is 0 Å². The summed E-state index contributed by atoms with van der Waals surface area (Å²) in [6.45, 7) is 3.65. The van der Waals surface area contributed by atoms with Crippen molar-refractivity contribution in [2.75, 3.05) is 34.2 Å². The van der Waals surface area contributed by atoms with Gasteiger partial charge in [-0.1, -0.05) is 13.3 Å². The summed E-state index contributed by atoms with van der Waals surface area (Å²) in [5.41, 5.74) is 5.73. The Balaban J connectivity index is 3.86. The maximum atomic E-state index is 11.6. The topological polar surface area (TPSA) is 49.6 Å². The van der Waals surface area contributed by atoms with Crippen LogP contribution in [0.25, 0.3) is 0 Å². The Kier molecular flexibility index (Phi) is 6.49. The van der Waals surface area contributed by atoms with Crippen LogP contribution in [-0.2, 0) is 4.79 Å². The number of amides is 1. The molecule has 0 saturated heterocycles. The van der Waals surface area contributed by atoms with Crippen LogP contribution in [0.5, 0.6) is 0 Å². The first-order chi connectivity index (χ1) is 6.49. The van der Waals surface area contributed by atoms with Crippen molar-refractivity contribution in [3.8, 4) is 0 Å². The molecule has 0 spiro atoms. The molecule has 0 aliphatic rings. The number of carbonyl (C=O) groups is 1. The monoisotopic (exact) mass is 201 g/mol. The van der Waals surface area contributed by atoms with Crippen LogP contribution in [0.15, 0.2) is 0 Å². The van der Waals surface area contributed by atoms with Crippen molar-refractivity contribution >= 4 is 5.91 Å². The van der Waals surface area contributed by atoms with Gasteiger partial charge in [-0.3, -0.25) is 4.79 Å². The largest absolute Gasteiger partial charge is 0.343 e. The Morgan fingerprint density at radius 1 is 1.29 bits per heavy atom. The Bertz CT molecular complexity index is 171. The lowest BCUT2D eigenvalue weighted by Gasteiger charge is -2.22. The number of hydrogen-bond acceptors (Lipinski definition) is 3. The fourth-order valence-electron chi connectivity index (χ4n) is 1.18. The second-order valence-electron chi connectivity index (χ2n) is 3.96. The van der Waals surface area contributed by atoms with E-state index in [0.717, 1.165) is 25.9 Å². The van der Waals surface area contributed by atoms with Gasteiger partial charge in [0.05, 0.1) is 6.04 Å². The Labute approximate surface area is 87.0 Å². The van der Waals surface area contributed by atoms with Crippen molar-refractivity contribution in [1.29, 1.82) is 0 Å². The highest BCUT2D eigenvalue weighted by atomic mass is 16.2. The van der Waals surface area contributed by atoms with Gasteiger partial charge in [-0.15, -0.1) is 0 Å². The third kappa shape index (κ3) is 5.19. The Hall–Kier alpha value is -0.610. The summed E-state index contributed by atoms with van der Waals surface area (Å²) in [6.07, 6.45) is 1.72. The first-order valence-corrected chi connectivity index (χ1v) is 5.14. The third-order valence-electron chi connectivity index (χ3n) is 2.18. The molecule has 0 heterocycles. The highest BCUT2D eigenvalue weighted by Crippen LogP contribution is 1.98. The lowest BCUT2D eigenvalue weighted by Crippen LogP contribution is -2.43. The molecule has 0 bridgehead atoms. The number of hydrogen-bond donors (Lipinski definition) is 1. The molecule has 4 heteroatoms. The summed E-state index contributed by atoms with van der Waals surface area (Å²) >= 11 is 0. The van der Waals surface area contributed by atoms with Crippen molar-refractivity contribution in [2.45, 2.75) is 25.8 Å². The van der Waals surface area contributed by atoms with E-state index in [1.54, 1.807) is 11.9 Å². The lowest BCUT2D eigenvalue weighted by molar-refractivity contribution is -0.131. The van der Waals surface area contributed by atoms with Gasteiger partial charge < -0.3 is 15.5 Å². The predicted octanol–water partition coefficient (Wildman–Crippen LogP) is 0.134. The first kappa shape index (κ1) is 13.4. The second kappa shape index (κ2) is 6.79. The van der Waals surface area contributed by atoms with E-state index in [9.17, 15) is 4.79 Å². The highest BCUT2D eigenvalue weighted by molar-refractivity contribution is 5.81. The summed E-state index contributed by atoms with van der Waals surface area (Å²) in [4.78, 5) is 15.4. The van der Waals surface area contributed by atoms with E-state index in [1.807, 2.05) is 21.0 Å². The van der Waals surface area contributed by atoms with Crippen LogP contribution in [0.1, 0.15) is 19.8 Å². The Morgan fingerprint density at radius 3 is 2.29 bits per heavy atom. The van der Waals surface area contributed by atoms with Crippen LogP contribution < -0.4 is 5.73 Å². The second-order valence-corrected chi connectivity index (χ2v) is 3.96. The maximum absolute atomic E-state index is 11.6. The van der Waals surface area contributed by atoms with E-state index in [4.69, 9.17) is 5.73 Å². The zero-order valence-electron chi connectivity index (χ0n) is 9.79. The van der Waals surface area contributed by atoms with Crippen molar-refractivity contribution in [3.05, 3.63) is 0 Å². The van der Waals surface area contributed by atoms with Gasteiger partial charge in [-0.2, -0.15) is 0 Å². The van der Waals surface area contributed by atoms with Crippen molar-refractivity contribution in [2.24, 2.45) is 5.73 Å². The smallest absolute Gasteiger partial charge is 0.239 e.